The second-order valence-corrected chi connectivity index (χ2v) is 8.98. The molecule has 0 spiro atoms. The van der Waals surface area contributed by atoms with E-state index in [-0.39, 0.29) is 34.8 Å². The fourth-order valence-electron chi connectivity index (χ4n) is 4.67. The average molecular weight is 421 g/mol. The van der Waals surface area contributed by atoms with E-state index >= 15 is 0 Å². The molecule has 4 atom stereocenters. The molecule has 1 aromatic carbocycles. The molecule has 0 radical (unpaired) electrons. The molecule has 156 valence electrons. The van der Waals surface area contributed by atoms with Gasteiger partial charge in [-0.25, -0.2) is 4.39 Å². The molecule has 4 unspecified atom stereocenters. The lowest BCUT2D eigenvalue weighted by molar-refractivity contribution is -0.135. The number of ether oxygens (including phenoxy) is 1. The quantitative estimate of drug-likeness (QED) is 0.686. The van der Waals surface area contributed by atoms with Gasteiger partial charge in [-0.3, -0.25) is 9.59 Å². The van der Waals surface area contributed by atoms with Gasteiger partial charge in [0, 0.05) is 17.5 Å². The molecular weight excluding hydrogens is 395 g/mol. The van der Waals surface area contributed by atoms with Crippen LogP contribution in [0.4, 0.5) is 4.39 Å². The second kappa shape index (κ2) is 8.07. The number of ketones is 1. The van der Waals surface area contributed by atoms with E-state index in [0.717, 1.165) is 19.4 Å². The lowest BCUT2D eigenvalue weighted by Gasteiger charge is -2.37. The standard InChI is InChI=1S/C22H26ClFN2O3/c1-25(2)10-5-11-26-19(14-6-3-4-7-16(14)24)18-20(27)15-12-13(23)8-9-17(15)29-21(18)22(26)28/h3-4,6-7,13,15,17,19H,5,8-12H2,1-2H3. The molecule has 0 bridgehead atoms. The fraction of sp³-hybridized carbons (Fsp3) is 0.545. The Kier molecular flexibility index (Phi) is 5.67. The zero-order valence-electron chi connectivity index (χ0n) is 16.7. The predicted molar refractivity (Wildman–Crippen MR) is 108 cm³/mol. The van der Waals surface area contributed by atoms with Crippen molar-refractivity contribution >= 4 is 23.3 Å². The first-order chi connectivity index (χ1) is 13.9. The van der Waals surface area contributed by atoms with Crippen LogP contribution in [0.5, 0.6) is 0 Å². The van der Waals surface area contributed by atoms with Gasteiger partial charge in [0.05, 0.1) is 17.5 Å². The van der Waals surface area contributed by atoms with Gasteiger partial charge in [0.2, 0.25) is 0 Å². The minimum absolute atomic E-state index is 0.0776. The molecule has 5 nitrogen and oxygen atoms in total. The van der Waals surface area contributed by atoms with Crippen LogP contribution in [0.2, 0.25) is 0 Å². The zero-order chi connectivity index (χ0) is 20.7. The van der Waals surface area contributed by atoms with Gasteiger partial charge < -0.3 is 14.5 Å². The van der Waals surface area contributed by atoms with Gasteiger partial charge in [0.1, 0.15) is 11.9 Å². The Balaban J connectivity index is 1.72. The maximum Gasteiger partial charge on any atom is 0.290 e. The monoisotopic (exact) mass is 420 g/mol. The van der Waals surface area contributed by atoms with Crippen molar-refractivity contribution in [2.24, 2.45) is 5.92 Å². The fourth-order valence-corrected chi connectivity index (χ4v) is 4.99. The molecule has 2 heterocycles. The smallest absolute Gasteiger partial charge is 0.290 e. The molecule has 0 N–H and O–H groups in total. The first kappa shape index (κ1) is 20.4. The highest BCUT2D eigenvalue weighted by Gasteiger charge is 2.53. The van der Waals surface area contributed by atoms with E-state index in [9.17, 15) is 14.0 Å². The summed E-state index contributed by atoms with van der Waals surface area (Å²) in [6.07, 6.45) is 2.34. The van der Waals surface area contributed by atoms with Crippen LogP contribution < -0.4 is 0 Å². The molecular formula is C22H26ClFN2O3. The van der Waals surface area contributed by atoms with E-state index in [1.807, 2.05) is 19.0 Å². The Bertz CT molecular complexity index is 856. The zero-order valence-corrected chi connectivity index (χ0v) is 17.5. The molecule has 3 aliphatic rings. The third-order valence-electron chi connectivity index (χ3n) is 6.08. The topological polar surface area (TPSA) is 49.9 Å². The van der Waals surface area contributed by atoms with Crippen molar-refractivity contribution < 1.29 is 18.7 Å². The van der Waals surface area contributed by atoms with E-state index in [1.165, 1.54) is 6.07 Å². The Morgan fingerprint density at radius 1 is 1.24 bits per heavy atom. The van der Waals surface area contributed by atoms with Gasteiger partial charge in [0.25, 0.3) is 5.91 Å². The third-order valence-corrected chi connectivity index (χ3v) is 6.48. The summed E-state index contributed by atoms with van der Waals surface area (Å²) in [7, 11) is 3.92. The van der Waals surface area contributed by atoms with E-state index < -0.39 is 11.9 Å². The molecule has 2 aliphatic heterocycles. The van der Waals surface area contributed by atoms with Crippen molar-refractivity contribution in [1.29, 1.82) is 0 Å². The van der Waals surface area contributed by atoms with Gasteiger partial charge in [0.15, 0.2) is 11.5 Å². The summed E-state index contributed by atoms with van der Waals surface area (Å²) in [4.78, 5) is 30.3. The van der Waals surface area contributed by atoms with Crippen molar-refractivity contribution in [3.05, 3.63) is 47.0 Å². The molecule has 1 aliphatic carbocycles. The largest absolute Gasteiger partial charge is 0.483 e. The van der Waals surface area contributed by atoms with E-state index in [0.29, 0.717) is 30.5 Å². The number of benzene rings is 1. The van der Waals surface area contributed by atoms with Crippen LogP contribution in [0.1, 0.15) is 37.3 Å². The number of rotatable bonds is 5. The van der Waals surface area contributed by atoms with Crippen LogP contribution in [-0.2, 0) is 14.3 Å². The van der Waals surface area contributed by atoms with Crippen LogP contribution in [0.15, 0.2) is 35.6 Å². The van der Waals surface area contributed by atoms with Crippen LogP contribution in [0.25, 0.3) is 0 Å². The summed E-state index contributed by atoms with van der Waals surface area (Å²) in [5, 5.41) is -0.0776. The van der Waals surface area contributed by atoms with Crippen molar-refractivity contribution in [1.82, 2.24) is 9.80 Å². The number of amides is 1. The molecule has 0 aromatic heterocycles. The molecule has 1 aromatic rings. The number of halogens is 2. The van der Waals surface area contributed by atoms with Gasteiger partial charge in [-0.15, -0.1) is 11.6 Å². The van der Waals surface area contributed by atoms with Crippen molar-refractivity contribution in [2.75, 3.05) is 27.2 Å². The minimum Gasteiger partial charge on any atom is -0.483 e. The number of Topliss-reactive ketones (excluding diaryl/α,β-unsaturated/α-hetero) is 1. The Hall–Kier alpha value is -1.92. The van der Waals surface area contributed by atoms with Crippen LogP contribution >= 0.6 is 11.6 Å². The van der Waals surface area contributed by atoms with E-state index in [1.54, 1.807) is 23.1 Å². The first-order valence-electron chi connectivity index (χ1n) is 10.2. The minimum atomic E-state index is -0.745. The number of carbonyl (C=O) groups is 2. The molecule has 1 fully saturated rings. The van der Waals surface area contributed by atoms with Crippen molar-refractivity contribution in [3.8, 4) is 0 Å². The van der Waals surface area contributed by atoms with E-state index in [2.05, 4.69) is 0 Å². The number of nitrogens with zero attached hydrogens (tertiary/aromatic N) is 2. The summed E-state index contributed by atoms with van der Waals surface area (Å²) in [5.74, 6) is -1.10. The average Bonchev–Trinajstić information content (AvgIpc) is 2.95. The number of hydrogen-bond acceptors (Lipinski definition) is 4. The lowest BCUT2D eigenvalue weighted by Crippen LogP contribution is -2.42. The third kappa shape index (κ3) is 3.68. The number of hydrogen-bond donors (Lipinski definition) is 0. The molecule has 29 heavy (non-hydrogen) atoms. The maximum absolute atomic E-state index is 14.7. The Morgan fingerprint density at radius 3 is 2.72 bits per heavy atom. The molecule has 1 amide bonds. The molecule has 0 saturated heterocycles. The van der Waals surface area contributed by atoms with Crippen LogP contribution in [-0.4, -0.2) is 60.2 Å². The highest BCUT2D eigenvalue weighted by atomic mass is 35.5. The summed E-state index contributed by atoms with van der Waals surface area (Å²) in [6.45, 7) is 1.21. The summed E-state index contributed by atoms with van der Waals surface area (Å²) in [6, 6.07) is 5.60. The number of alkyl halides is 1. The van der Waals surface area contributed by atoms with Gasteiger partial charge >= 0.3 is 0 Å². The lowest BCUT2D eigenvalue weighted by atomic mass is 9.77. The predicted octanol–water partition coefficient (Wildman–Crippen LogP) is 3.29. The van der Waals surface area contributed by atoms with Gasteiger partial charge in [-0.05, 0) is 52.4 Å². The Labute approximate surface area is 175 Å². The summed E-state index contributed by atoms with van der Waals surface area (Å²) < 4.78 is 20.8. The van der Waals surface area contributed by atoms with E-state index in [4.69, 9.17) is 16.3 Å². The summed E-state index contributed by atoms with van der Waals surface area (Å²) in [5.41, 5.74) is 0.640. The first-order valence-corrected chi connectivity index (χ1v) is 10.6. The Morgan fingerprint density at radius 2 is 2.00 bits per heavy atom. The highest BCUT2D eigenvalue weighted by Crippen LogP contribution is 2.47. The molecule has 1 saturated carbocycles. The van der Waals surface area contributed by atoms with Crippen LogP contribution in [0, 0.1) is 11.7 Å². The van der Waals surface area contributed by atoms with Crippen molar-refractivity contribution in [3.63, 3.8) is 0 Å². The second-order valence-electron chi connectivity index (χ2n) is 8.36. The number of fused-ring (bicyclic) bond motifs is 1. The summed E-state index contributed by atoms with van der Waals surface area (Å²) >= 11 is 6.31. The normalized spacial score (nSPS) is 29.2. The van der Waals surface area contributed by atoms with Gasteiger partial charge in [-0.1, -0.05) is 18.2 Å². The number of carbonyl (C=O) groups excluding carboxylic acids is 2. The SMILES string of the molecule is CN(C)CCCN1C(=O)C2=C(C(=O)C3CC(Cl)CCC3O2)C1c1ccccc1F. The van der Waals surface area contributed by atoms with Crippen LogP contribution in [0.3, 0.4) is 0 Å². The molecule has 4 rings (SSSR count). The maximum atomic E-state index is 14.7. The van der Waals surface area contributed by atoms with Gasteiger partial charge in [-0.2, -0.15) is 0 Å². The van der Waals surface area contributed by atoms with Crippen molar-refractivity contribution in [2.45, 2.75) is 43.2 Å². The highest BCUT2D eigenvalue weighted by molar-refractivity contribution is 6.21. The molecule has 7 heteroatoms.